The fourth-order valence-corrected chi connectivity index (χ4v) is 5.73. The molecule has 2 saturated heterocycles. The summed E-state index contributed by atoms with van der Waals surface area (Å²) in [6.45, 7) is 1.83. The largest absolute Gasteiger partial charge is 0.493 e. The zero-order valence-electron chi connectivity index (χ0n) is 17.2. The Hall–Kier alpha value is -1.84. The van der Waals surface area contributed by atoms with Gasteiger partial charge in [0.05, 0.1) is 20.1 Å². The number of methoxy groups -OCH3 is 2. The summed E-state index contributed by atoms with van der Waals surface area (Å²) in [5, 5.41) is 2.89. The number of piperidine rings is 1. The van der Waals surface area contributed by atoms with Crippen molar-refractivity contribution in [3.05, 3.63) is 18.2 Å². The lowest BCUT2D eigenvalue weighted by Gasteiger charge is -2.34. The van der Waals surface area contributed by atoms with Gasteiger partial charge in [0, 0.05) is 37.9 Å². The number of nitrogens with zero attached hydrogens (tertiary/aromatic N) is 2. The molecule has 3 rings (SSSR count). The number of hydrogen-bond acceptors (Lipinski definition) is 5. The molecule has 1 aromatic rings. The molecule has 2 fully saturated rings. The third-order valence-corrected chi connectivity index (χ3v) is 7.63. The van der Waals surface area contributed by atoms with Crippen molar-refractivity contribution in [1.82, 2.24) is 8.61 Å². The van der Waals surface area contributed by atoms with E-state index < -0.39 is 10.2 Å². The summed E-state index contributed by atoms with van der Waals surface area (Å²) < 4.78 is 39.7. The number of carbonyl (C=O) groups is 1. The molecule has 8 nitrogen and oxygen atoms in total. The van der Waals surface area contributed by atoms with Crippen LogP contribution in [0.3, 0.4) is 0 Å². The Morgan fingerprint density at radius 3 is 2.28 bits per heavy atom. The third-order valence-electron chi connectivity index (χ3n) is 5.62. The van der Waals surface area contributed by atoms with E-state index in [-0.39, 0.29) is 18.4 Å². The number of amides is 1. The smallest absolute Gasteiger partial charge is 0.281 e. The van der Waals surface area contributed by atoms with Gasteiger partial charge in [0.2, 0.25) is 5.91 Å². The molecule has 1 unspecified atom stereocenters. The minimum Gasteiger partial charge on any atom is -0.493 e. The maximum absolute atomic E-state index is 13.1. The van der Waals surface area contributed by atoms with Crippen LogP contribution in [0, 0.1) is 5.92 Å². The number of ether oxygens (including phenoxy) is 2. The molecule has 2 heterocycles. The Bertz CT molecular complexity index is 806. The second-order valence-corrected chi connectivity index (χ2v) is 9.51. The molecule has 1 N–H and O–H groups in total. The molecule has 1 atom stereocenters. The highest BCUT2D eigenvalue weighted by atomic mass is 32.2. The molecule has 2 aliphatic rings. The molecule has 0 bridgehead atoms. The fraction of sp³-hybridized carbons (Fsp3) is 0.650. The molecule has 0 aliphatic carbocycles. The molecule has 1 amide bonds. The van der Waals surface area contributed by atoms with Gasteiger partial charge in [-0.25, -0.2) is 0 Å². The van der Waals surface area contributed by atoms with Gasteiger partial charge in [-0.3, -0.25) is 4.79 Å². The SMILES string of the molecule is COc1ccc(NC(=O)C2CCCN(S(=O)(=O)N3CCCCCC3)C2)cc1OC. The molecule has 2 aliphatic heterocycles. The summed E-state index contributed by atoms with van der Waals surface area (Å²) in [5.74, 6) is 0.559. The monoisotopic (exact) mass is 425 g/mol. The van der Waals surface area contributed by atoms with Crippen LogP contribution in [-0.2, 0) is 15.0 Å². The summed E-state index contributed by atoms with van der Waals surface area (Å²) >= 11 is 0. The highest BCUT2D eigenvalue weighted by molar-refractivity contribution is 7.86. The number of benzene rings is 1. The fourth-order valence-electron chi connectivity index (χ4n) is 3.96. The molecule has 1 aromatic carbocycles. The van der Waals surface area contributed by atoms with E-state index in [1.54, 1.807) is 29.6 Å². The Labute approximate surface area is 173 Å². The van der Waals surface area contributed by atoms with Gasteiger partial charge in [-0.15, -0.1) is 0 Å². The first kappa shape index (κ1) is 21.9. The van der Waals surface area contributed by atoms with Crippen molar-refractivity contribution in [2.24, 2.45) is 5.92 Å². The highest BCUT2D eigenvalue weighted by Gasteiger charge is 2.36. The summed E-state index contributed by atoms with van der Waals surface area (Å²) in [7, 11) is -0.426. The van der Waals surface area contributed by atoms with Crippen LogP contribution in [0.15, 0.2) is 18.2 Å². The lowest BCUT2D eigenvalue weighted by Crippen LogP contribution is -2.50. The Morgan fingerprint density at radius 2 is 1.62 bits per heavy atom. The quantitative estimate of drug-likeness (QED) is 0.756. The van der Waals surface area contributed by atoms with Gasteiger partial charge in [-0.1, -0.05) is 12.8 Å². The Morgan fingerprint density at radius 1 is 0.966 bits per heavy atom. The van der Waals surface area contributed by atoms with E-state index >= 15 is 0 Å². The molecule has 0 aromatic heterocycles. The van der Waals surface area contributed by atoms with Gasteiger partial charge in [-0.05, 0) is 37.8 Å². The van der Waals surface area contributed by atoms with E-state index in [1.165, 1.54) is 11.4 Å². The Kier molecular flexibility index (Phi) is 7.37. The highest BCUT2D eigenvalue weighted by Crippen LogP contribution is 2.30. The predicted molar refractivity (Wildman–Crippen MR) is 111 cm³/mol. The first-order chi connectivity index (χ1) is 14.0. The van der Waals surface area contributed by atoms with Crippen LogP contribution in [-0.4, -0.2) is 63.3 Å². The predicted octanol–water partition coefficient (Wildman–Crippen LogP) is 2.48. The second-order valence-electron chi connectivity index (χ2n) is 7.58. The number of hydrogen-bond donors (Lipinski definition) is 1. The second kappa shape index (κ2) is 9.77. The van der Waals surface area contributed by atoms with Gasteiger partial charge in [-0.2, -0.15) is 17.0 Å². The summed E-state index contributed by atoms with van der Waals surface area (Å²) in [4.78, 5) is 12.8. The molecular weight excluding hydrogens is 394 g/mol. The molecule has 0 saturated carbocycles. The average Bonchev–Trinajstić information content (AvgIpc) is 3.04. The average molecular weight is 426 g/mol. The lowest BCUT2D eigenvalue weighted by atomic mass is 9.98. The number of nitrogens with one attached hydrogen (secondary N) is 1. The van der Waals surface area contributed by atoms with E-state index in [0.717, 1.165) is 25.7 Å². The van der Waals surface area contributed by atoms with Gasteiger partial charge in [0.25, 0.3) is 10.2 Å². The maximum atomic E-state index is 13.1. The van der Waals surface area contributed by atoms with Crippen LogP contribution in [0.1, 0.15) is 38.5 Å². The minimum atomic E-state index is -3.52. The first-order valence-corrected chi connectivity index (χ1v) is 11.6. The van der Waals surface area contributed by atoms with Crippen LogP contribution in [0.2, 0.25) is 0 Å². The molecule has 9 heteroatoms. The van der Waals surface area contributed by atoms with Crippen molar-refractivity contribution >= 4 is 21.8 Å². The van der Waals surface area contributed by atoms with Gasteiger partial charge >= 0.3 is 0 Å². The third kappa shape index (κ3) is 5.21. The van der Waals surface area contributed by atoms with Crippen molar-refractivity contribution in [3.8, 4) is 11.5 Å². The zero-order valence-corrected chi connectivity index (χ0v) is 18.0. The van der Waals surface area contributed by atoms with Gasteiger partial charge in [0.1, 0.15) is 0 Å². The molecule has 0 spiro atoms. The zero-order chi connectivity index (χ0) is 20.9. The van der Waals surface area contributed by atoms with E-state index in [2.05, 4.69) is 5.32 Å². The van der Waals surface area contributed by atoms with E-state index in [9.17, 15) is 13.2 Å². The topological polar surface area (TPSA) is 88.2 Å². The number of rotatable bonds is 6. The van der Waals surface area contributed by atoms with Gasteiger partial charge < -0.3 is 14.8 Å². The van der Waals surface area contributed by atoms with Crippen molar-refractivity contribution < 1.29 is 22.7 Å². The van der Waals surface area contributed by atoms with Crippen LogP contribution in [0.4, 0.5) is 5.69 Å². The van der Waals surface area contributed by atoms with E-state index in [0.29, 0.717) is 49.7 Å². The standard InChI is InChI=1S/C20H31N3O5S/c1-27-18-10-9-17(14-19(18)28-2)21-20(24)16-8-7-13-23(15-16)29(25,26)22-11-5-3-4-6-12-22/h9-10,14,16H,3-8,11-13,15H2,1-2H3,(H,21,24). The molecule has 29 heavy (non-hydrogen) atoms. The van der Waals surface area contributed by atoms with Crippen molar-refractivity contribution in [2.45, 2.75) is 38.5 Å². The van der Waals surface area contributed by atoms with Gasteiger partial charge in [0.15, 0.2) is 11.5 Å². The van der Waals surface area contributed by atoms with Crippen molar-refractivity contribution in [3.63, 3.8) is 0 Å². The van der Waals surface area contributed by atoms with E-state index in [1.807, 2.05) is 0 Å². The van der Waals surface area contributed by atoms with E-state index in [4.69, 9.17) is 9.47 Å². The summed E-state index contributed by atoms with van der Waals surface area (Å²) in [5.41, 5.74) is 0.597. The van der Waals surface area contributed by atoms with Crippen molar-refractivity contribution in [1.29, 1.82) is 0 Å². The van der Waals surface area contributed by atoms with Crippen LogP contribution in [0.25, 0.3) is 0 Å². The normalized spacial score (nSPS) is 21.9. The molecule has 162 valence electrons. The maximum Gasteiger partial charge on any atom is 0.281 e. The lowest BCUT2D eigenvalue weighted by molar-refractivity contribution is -0.120. The summed E-state index contributed by atoms with van der Waals surface area (Å²) in [6.07, 6.45) is 5.29. The molecule has 0 radical (unpaired) electrons. The Balaban J connectivity index is 1.66. The number of anilines is 1. The van der Waals surface area contributed by atoms with Crippen LogP contribution >= 0.6 is 0 Å². The number of carbonyl (C=O) groups excluding carboxylic acids is 1. The molecular formula is C20H31N3O5S. The minimum absolute atomic E-state index is 0.173. The van der Waals surface area contributed by atoms with Crippen LogP contribution in [0.5, 0.6) is 11.5 Å². The first-order valence-electron chi connectivity index (χ1n) is 10.2. The van der Waals surface area contributed by atoms with Crippen LogP contribution < -0.4 is 14.8 Å². The van der Waals surface area contributed by atoms with Crippen molar-refractivity contribution in [2.75, 3.05) is 45.7 Å². The summed E-state index contributed by atoms with van der Waals surface area (Å²) in [6, 6.07) is 5.17.